The normalized spacial score (nSPS) is 35.0. The molecule has 1 amide bonds. The standard InChI is InChI=1S/C30H41N7O7/c1-8-11-27(2,3)35-25(43)17-20(40)22(37(6)7)30(34)26(44)29(33)18(24(42)28(30,12-31)23(17)41)19(39)16-14(38)10-9-13(36(4)5)15(16)21(29)32/h9-10,17-18,21-22,26,38,44H,8,11,32-34H2,1-7H3,(H,35,43)/t17?,18?,21-,22+,26-,28-,29+,30-/m0/s1. The number of fused-ring (bicyclic) bond motifs is 3. The molecule has 0 heterocycles. The van der Waals surface area contributed by atoms with E-state index in [1.165, 1.54) is 31.1 Å². The van der Waals surface area contributed by atoms with Crippen LogP contribution in [0, 0.1) is 28.6 Å². The van der Waals surface area contributed by atoms with Gasteiger partial charge in [-0.15, -0.1) is 0 Å². The number of nitrogens with zero attached hydrogens (tertiary/aromatic N) is 3. The molecule has 0 radical (unpaired) electrons. The number of aliphatic hydroxyl groups excluding tert-OH is 1. The molecular weight excluding hydrogens is 570 g/mol. The van der Waals surface area contributed by atoms with Crippen molar-refractivity contribution in [1.29, 1.82) is 5.26 Å². The van der Waals surface area contributed by atoms with Crippen LogP contribution in [-0.2, 0) is 19.2 Å². The van der Waals surface area contributed by atoms with Crippen LogP contribution in [0.5, 0.6) is 5.75 Å². The summed E-state index contributed by atoms with van der Waals surface area (Å²) >= 11 is 0. The van der Waals surface area contributed by atoms with Gasteiger partial charge in [-0.25, -0.2) is 0 Å². The highest BCUT2D eigenvalue weighted by Gasteiger charge is 2.83. The molecular formula is C30H41N7O7. The van der Waals surface area contributed by atoms with Gasteiger partial charge in [0.2, 0.25) is 5.91 Å². The second kappa shape index (κ2) is 10.4. The lowest BCUT2D eigenvalue weighted by Gasteiger charge is -2.64. The number of aliphatic hydroxyl groups is 1. The zero-order valence-corrected chi connectivity index (χ0v) is 26.0. The molecule has 8 atom stereocenters. The molecule has 14 heteroatoms. The van der Waals surface area contributed by atoms with Crippen LogP contribution < -0.4 is 27.4 Å². The number of hydrogen-bond acceptors (Lipinski definition) is 13. The topological polar surface area (TPSA) is 246 Å². The average molecular weight is 612 g/mol. The second-order valence-electron chi connectivity index (χ2n) is 13.3. The maximum Gasteiger partial charge on any atom is 0.238 e. The largest absolute Gasteiger partial charge is 0.507 e. The van der Waals surface area contributed by atoms with E-state index in [4.69, 9.17) is 17.2 Å². The zero-order chi connectivity index (χ0) is 33.5. The van der Waals surface area contributed by atoms with Crippen molar-refractivity contribution in [2.24, 2.45) is 34.5 Å². The van der Waals surface area contributed by atoms with E-state index in [-0.39, 0.29) is 11.1 Å². The number of likely N-dealkylation sites (N-methyl/N-ethyl adjacent to an activating group) is 1. The number of phenols is 1. The number of amides is 1. The van der Waals surface area contributed by atoms with Gasteiger partial charge in [0.05, 0.1) is 40.9 Å². The first-order valence-electron chi connectivity index (χ1n) is 14.3. The molecule has 1 aromatic carbocycles. The smallest absolute Gasteiger partial charge is 0.238 e. The molecule has 0 spiro atoms. The molecule has 0 aromatic heterocycles. The van der Waals surface area contributed by atoms with Gasteiger partial charge in [0, 0.05) is 30.9 Å². The molecule has 2 fully saturated rings. The van der Waals surface area contributed by atoms with E-state index < -0.39 is 86.8 Å². The highest BCUT2D eigenvalue weighted by Crippen LogP contribution is 2.59. The summed E-state index contributed by atoms with van der Waals surface area (Å²) in [6.07, 6.45) is -1.15. The van der Waals surface area contributed by atoms with Gasteiger partial charge in [-0.05, 0) is 46.5 Å². The van der Waals surface area contributed by atoms with Crippen molar-refractivity contribution < 1.29 is 34.2 Å². The summed E-state index contributed by atoms with van der Waals surface area (Å²) < 4.78 is 0. The molecule has 44 heavy (non-hydrogen) atoms. The molecule has 3 aliphatic carbocycles. The Balaban J connectivity index is 2.04. The van der Waals surface area contributed by atoms with Crippen molar-refractivity contribution in [3.63, 3.8) is 0 Å². The van der Waals surface area contributed by atoms with Gasteiger partial charge in [0.15, 0.2) is 34.5 Å². The van der Waals surface area contributed by atoms with E-state index in [0.717, 1.165) is 0 Å². The number of benzene rings is 1. The summed E-state index contributed by atoms with van der Waals surface area (Å²) in [6, 6.07) is 1.03. The first-order valence-corrected chi connectivity index (χ1v) is 14.3. The number of carbonyl (C=O) groups is 5. The third-order valence-electron chi connectivity index (χ3n) is 9.67. The van der Waals surface area contributed by atoms with Crippen molar-refractivity contribution in [2.45, 2.75) is 68.4 Å². The van der Waals surface area contributed by atoms with Gasteiger partial charge in [-0.3, -0.25) is 28.9 Å². The number of anilines is 1. The SMILES string of the molecule is CCCC(C)(C)NC(=O)C1C(=O)[C@@H](N(C)C)[C@]2(N)[C@@H](O)[C@@]3(N)C(C(=O)c4c(O)ccc(N(C)C)c4[C@@H]3N)C(=O)[C@]2(C#N)C1=O. The Bertz CT molecular complexity index is 1520. The molecule has 0 aliphatic heterocycles. The van der Waals surface area contributed by atoms with Crippen LogP contribution in [0.4, 0.5) is 5.69 Å². The summed E-state index contributed by atoms with van der Waals surface area (Å²) in [6.45, 7) is 5.26. The molecule has 3 aliphatic rings. The van der Waals surface area contributed by atoms with Crippen LogP contribution in [0.25, 0.3) is 0 Å². The number of aromatic hydroxyl groups is 1. The third kappa shape index (κ3) is 3.93. The van der Waals surface area contributed by atoms with E-state index in [0.29, 0.717) is 18.5 Å². The zero-order valence-electron chi connectivity index (χ0n) is 26.0. The summed E-state index contributed by atoms with van der Waals surface area (Å²) in [7, 11) is 6.03. The number of nitriles is 1. The summed E-state index contributed by atoms with van der Waals surface area (Å²) in [5.74, 6) is -10.9. The van der Waals surface area contributed by atoms with Gasteiger partial charge in [0.25, 0.3) is 0 Å². The van der Waals surface area contributed by atoms with Crippen LogP contribution in [-0.4, -0.2) is 101 Å². The predicted octanol–water partition coefficient (Wildman–Crippen LogP) is -1.49. The number of Topliss-reactive ketones (excluding diaryl/α,β-unsaturated/α-hetero) is 4. The first kappa shape index (κ1) is 33.2. The van der Waals surface area contributed by atoms with Crippen molar-refractivity contribution in [2.75, 3.05) is 33.1 Å². The van der Waals surface area contributed by atoms with Gasteiger partial charge in [-0.1, -0.05) is 13.3 Å². The summed E-state index contributed by atoms with van der Waals surface area (Å²) in [4.78, 5) is 73.8. The number of rotatable bonds is 6. The first-order chi connectivity index (χ1) is 20.2. The average Bonchev–Trinajstić information content (AvgIpc) is 2.90. The number of nitrogens with one attached hydrogen (secondary N) is 1. The number of nitrogens with two attached hydrogens (primary N) is 3. The summed E-state index contributed by atoms with van der Waals surface area (Å²) in [5, 5.41) is 36.3. The van der Waals surface area contributed by atoms with Crippen LogP contribution >= 0.6 is 0 Å². The Hall–Kier alpha value is -3.74. The minimum absolute atomic E-state index is 0.0175. The van der Waals surface area contributed by atoms with E-state index in [1.54, 1.807) is 38.9 Å². The van der Waals surface area contributed by atoms with Crippen LogP contribution in [0.2, 0.25) is 0 Å². The Kier molecular flexibility index (Phi) is 7.85. The van der Waals surface area contributed by atoms with Gasteiger partial charge in [0.1, 0.15) is 11.7 Å². The van der Waals surface area contributed by atoms with Crippen molar-refractivity contribution in [3.05, 3.63) is 23.3 Å². The highest BCUT2D eigenvalue weighted by atomic mass is 16.3. The predicted molar refractivity (Wildman–Crippen MR) is 158 cm³/mol. The van der Waals surface area contributed by atoms with Crippen LogP contribution in [0.3, 0.4) is 0 Å². The molecule has 0 saturated heterocycles. The Labute approximate surface area is 255 Å². The van der Waals surface area contributed by atoms with Crippen molar-refractivity contribution >= 4 is 34.7 Å². The number of ketones is 4. The number of phenolic OH excluding ortho intramolecular Hbond substituents is 1. The maximum atomic E-state index is 14.7. The Morgan fingerprint density at radius 3 is 2.20 bits per heavy atom. The molecule has 238 valence electrons. The fraction of sp³-hybridized carbons (Fsp3) is 0.600. The Morgan fingerprint density at radius 1 is 1.11 bits per heavy atom. The molecule has 2 saturated carbocycles. The van der Waals surface area contributed by atoms with E-state index in [9.17, 15) is 39.4 Å². The highest BCUT2D eigenvalue weighted by molar-refractivity contribution is 6.34. The lowest BCUT2D eigenvalue weighted by molar-refractivity contribution is -0.182. The van der Waals surface area contributed by atoms with Crippen LogP contribution in [0.15, 0.2) is 12.1 Å². The van der Waals surface area contributed by atoms with E-state index in [2.05, 4.69) is 5.32 Å². The molecule has 4 rings (SSSR count). The maximum absolute atomic E-state index is 14.7. The van der Waals surface area contributed by atoms with Gasteiger partial charge < -0.3 is 37.6 Å². The van der Waals surface area contributed by atoms with Crippen LogP contribution in [0.1, 0.15) is 55.6 Å². The van der Waals surface area contributed by atoms with Gasteiger partial charge >= 0.3 is 0 Å². The molecule has 9 N–H and O–H groups in total. The monoisotopic (exact) mass is 611 g/mol. The van der Waals surface area contributed by atoms with Crippen molar-refractivity contribution in [3.8, 4) is 11.8 Å². The van der Waals surface area contributed by atoms with E-state index >= 15 is 0 Å². The molecule has 2 unspecified atom stereocenters. The quantitative estimate of drug-likeness (QED) is 0.201. The Morgan fingerprint density at radius 2 is 1.70 bits per heavy atom. The fourth-order valence-corrected chi connectivity index (χ4v) is 7.74. The molecule has 1 aromatic rings. The lowest BCUT2D eigenvalue weighted by atomic mass is 9.41. The molecule has 14 nitrogen and oxygen atoms in total. The van der Waals surface area contributed by atoms with Crippen molar-refractivity contribution in [1.82, 2.24) is 10.2 Å². The number of hydrogen-bond donors (Lipinski definition) is 6. The minimum Gasteiger partial charge on any atom is -0.507 e. The second-order valence-corrected chi connectivity index (χ2v) is 13.3. The summed E-state index contributed by atoms with van der Waals surface area (Å²) in [5.41, 5.74) is 11.2. The van der Waals surface area contributed by atoms with Gasteiger partial charge in [-0.2, -0.15) is 5.26 Å². The lowest BCUT2D eigenvalue weighted by Crippen LogP contribution is -2.92. The fourth-order valence-electron chi connectivity index (χ4n) is 7.74. The third-order valence-corrected chi connectivity index (χ3v) is 9.67. The number of carbonyl (C=O) groups excluding carboxylic acids is 5. The van der Waals surface area contributed by atoms with E-state index in [1.807, 2.05) is 6.92 Å². The molecule has 0 bridgehead atoms. The minimum atomic E-state index is -3.08.